The lowest BCUT2D eigenvalue weighted by molar-refractivity contribution is -0.117. The molecule has 1 aliphatic rings. The fourth-order valence-corrected chi connectivity index (χ4v) is 2.33. The van der Waals surface area contributed by atoms with Gasteiger partial charge in [0.2, 0.25) is 5.91 Å². The molecule has 0 spiro atoms. The molecule has 0 aromatic heterocycles. The van der Waals surface area contributed by atoms with Gasteiger partial charge in [0.25, 0.3) is 0 Å². The lowest BCUT2D eigenvalue weighted by Crippen LogP contribution is -2.14. The molecule has 6 heteroatoms. The number of anilines is 1. The van der Waals surface area contributed by atoms with E-state index >= 15 is 0 Å². The number of methoxy groups -OCH3 is 1. The monoisotopic (exact) mass is 355 g/mol. The van der Waals surface area contributed by atoms with E-state index in [1.807, 2.05) is 0 Å². The van der Waals surface area contributed by atoms with Crippen LogP contribution in [-0.2, 0) is 9.53 Å². The molecule has 0 unspecified atom stereocenters. The van der Waals surface area contributed by atoms with E-state index in [4.69, 9.17) is 14.2 Å². The summed E-state index contributed by atoms with van der Waals surface area (Å²) in [4.78, 5) is 23.7. The van der Waals surface area contributed by atoms with Gasteiger partial charge in [-0.25, -0.2) is 4.79 Å². The molecule has 0 bridgehead atoms. The molecule has 0 aliphatic heterocycles. The molecular formula is C20H21NO5. The molecule has 0 saturated heterocycles. The molecule has 26 heavy (non-hydrogen) atoms. The highest BCUT2D eigenvalue weighted by Gasteiger charge is 2.29. The lowest BCUT2D eigenvalue weighted by atomic mass is 10.2. The zero-order chi connectivity index (χ0) is 18.4. The van der Waals surface area contributed by atoms with E-state index in [0.717, 1.165) is 18.6 Å². The summed E-state index contributed by atoms with van der Waals surface area (Å²) in [6.07, 6.45) is 1.91. The van der Waals surface area contributed by atoms with Crippen molar-refractivity contribution < 1.29 is 23.8 Å². The third-order valence-corrected chi connectivity index (χ3v) is 3.98. The van der Waals surface area contributed by atoms with Gasteiger partial charge in [0.1, 0.15) is 24.7 Å². The fourth-order valence-electron chi connectivity index (χ4n) is 2.33. The highest BCUT2D eigenvalue weighted by Crippen LogP contribution is 2.30. The summed E-state index contributed by atoms with van der Waals surface area (Å²) in [7, 11) is 1.60. The summed E-state index contributed by atoms with van der Waals surface area (Å²) in [6.45, 7) is 0.401. The second-order valence-electron chi connectivity index (χ2n) is 6.00. The van der Waals surface area contributed by atoms with Crippen molar-refractivity contribution in [1.29, 1.82) is 0 Å². The molecule has 0 radical (unpaired) electrons. The zero-order valence-electron chi connectivity index (χ0n) is 14.6. The van der Waals surface area contributed by atoms with Gasteiger partial charge in [-0.05, 0) is 61.4 Å². The molecule has 0 heterocycles. The minimum Gasteiger partial charge on any atom is -0.497 e. The van der Waals surface area contributed by atoms with Crippen LogP contribution in [0.25, 0.3) is 0 Å². The van der Waals surface area contributed by atoms with Crippen molar-refractivity contribution in [2.75, 3.05) is 25.6 Å². The Balaban J connectivity index is 1.40. The summed E-state index contributed by atoms with van der Waals surface area (Å²) in [5, 5.41) is 2.83. The Morgan fingerprint density at radius 1 is 0.962 bits per heavy atom. The van der Waals surface area contributed by atoms with E-state index in [2.05, 4.69) is 5.32 Å². The molecule has 0 atom stereocenters. The Bertz CT molecular complexity index is 751. The first-order chi connectivity index (χ1) is 12.7. The Morgan fingerprint density at radius 2 is 1.62 bits per heavy atom. The number of esters is 1. The summed E-state index contributed by atoms with van der Waals surface area (Å²) < 4.78 is 15.8. The number of hydrogen-bond donors (Lipinski definition) is 1. The summed E-state index contributed by atoms with van der Waals surface area (Å²) in [5.74, 6) is 1.18. The molecule has 1 fully saturated rings. The van der Waals surface area contributed by atoms with Gasteiger partial charge >= 0.3 is 5.97 Å². The number of carbonyl (C=O) groups excluding carboxylic acids is 2. The quantitative estimate of drug-likeness (QED) is 0.581. The molecule has 136 valence electrons. The maximum atomic E-state index is 12.0. The number of nitrogens with one attached hydrogen (secondary N) is 1. The van der Waals surface area contributed by atoms with E-state index in [1.54, 1.807) is 55.6 Å². The maximum Gasteiger partial charge on any atom is 0.338 e. The molecule has 1 aliphatic carbocycles. The van der Waals surface area contributed by atoms with Crippen molar-refractivity contribution in [3.8, 4) is 11.5 Å². The average molecular weight is 355 g/mol. The van der Waals surface area contributed by atoms with Crippen LogP contribution >= 0.6 is 0 Å². The Labute approximate surface area is 152 Å². The van der Waals surface area contributed by atoms with Crippen LogP contribution in [0.2, 0.25) is 0 Å². The van der Waals surface area contributed by atoms with Crippen LogP contribution in [0.1, 0.15) is 23.2 Å². The first-order valence-corrected chi connectivity index (χ1v) is 8.50. The van der Waals surface area contributed by atoms with Gasteiger partial charge in [-0.3, -0.25) is 4.79 Å². The summed E-state index contributed by atoms with van der Waals surface area (Å²) in [5.41, 5.74) is 1.11. The number of amides is 1. The van der Waals surface area contributed by atoms with Crippen LogP contribution in [0.15, 0.2) is 48.5 Å². The first-order valence-electron chi connectivity index (χ1n) is 8.50. The van der Waals surface area contributed by atoms with Gasteiger partial charge in [-0.1, -0.05) is 0 Å². The SMILES string of the molecule is COc1ccc(OCCOC(=O)c2ccc(NC(=O)C3CC3)cc2)cc1. The van der Waals surface area contributed by atoms with Gasteiger partial charge in [0.15, 0.2) is 0 Å². The van der Waals surface area contributed by atoms with Crippen LogP contribution in [-0.4, -0.2) is 32.2 Å². The Kier molecular flexibility index (Phi) is 5.73. The van der Waals surface area contributed by atoms with Crippen LogP contribution in [0, 0.1) is 5.92 Å². The molecule has 2 aromatic rings. The summed E-state index contributed by atoms with van der Waals surface area (Å²) in [6, 6.07) is 13.8. The third kappa shape index (κ3) is 4.99. The normalized spacial score (nSPS) is 13.0. The van der Waals surface area contributed by atoms with E-state index in [-0.39, 0.29) is 25.0 Å². The van der Waals surface area contributed by atoms with E-state index < -0.39 is 5.97 Å². The van der Waals surface area contributed by atoms with E-state index in [1.165, 1.54) is 0 Å². The minimum atomic E-state index is -0.427. The molecule has 1 saturated carbocycles. The highest BCUT2D eigenvalue weighted by molar-refractivity contribution is 5.95. The van der Waals surface area contributed by atoms with Crippen LogP contribution in [0.3, 0.4) is 0 Å². The molecule has 6 nitrogen and oxygen atoms in total. The predicted molar refractivity (Wildman–Crippen MR) is 96.6 cm³/mol. The number of ether oxygens (including phenoxy) is 3. The van der Waals surface area contributed by atoms with Gasteiger partial charge in [0, 0.05) is 11.6 Å². The molecule has 2 aromatic carbocycles. The van der Waals surface area contributed by atoms with Gasteiger partial charge < -0.3 is 19.5 Å². The van der Waals surface area contributed by atoms with Crippen molar-refractivity contribution in [3.05, 3.63) is 54.1 Å². The van der Waals surface area contributed by atoms with E-state index in [0.29, 0.717) is 17.0 Å². The highest BCUT2D eigenvalue weighted by atomic mass is 16.6. The van der Waals surface area contributed by atoms with Crippen molar-refractivity contribution in [3.63, 3.8) is 0 Å². The largest absolute Gasteiger partial charge is 0.497 e. The standard InChI is InChI=1S/C20H21NO5/c1-24-17-8-10-18(11-9-17)25-12-13-26-20(23)15-4-6-16(7-5-15)21-19(22)14-2-3-14/h4-11,14H,2-3,12-13H2,1H3,(H,21,22). The van der Waals surface area contributed by atoms with Crippen molar-refractivity contribution in [2.45, 2.75) is 12.8 Å². The van der Waals surface area contributed by atoms with Crippen molar-refractivity contribution in [2.24, 2.45) is 5.92 Å². The number of rotatable bonds is 8. The predicted octanol–water partition coefficient (Wildman–Crippen LogP) is 3.28. The lowest BCUT2D eigenvalue weighted by Gasteiger charge is -2.09. The average Bonchev–Trinajstić information content (AvgIpc) is 3.51. The molecule has 1 amide bonds. The van der Waals surface area contributed by atoms with Crippen molar-refractivity contribution in [1.82, 2.24) is 0 Å². The van der Waals surface area contributed by atoms with Crippen LogP contribution in [0.4, 0.5) is 5.69 Å². The topological polar surface area (TPSA) is 73.9 Å². The van der Waals surface area contributed by atoms with Crippen LogP contribution in [0.5, 0.6) is 11.5 Å². The second kappa shape index (κ2) is 8.38. The fraction of sp³-hybridized carbons (Fsp3) is 0.300. The smallest absolute Gasteiger partial charge is 0.338 e. The Hall–Kier alpha value is -3.02. The summed E-state index contributed by atoms with van der Waals surface area (Å²) >= 11 is 0. The number of carbonyl (C=O) groups is 2. The second-order valence-corrected chi connectivity index (χ2v) is 6.00. The van der Waals surface area contributed by atoms with Gasteiger partial charge in [-0.2, -0.15) is 0 Å². The van der Waals surface area contributed by atoms with E-state index in [9.17, 15) is 9.59 Å². The van der Waals surface area contributed by atoms with Crippen molar-refractivity contribution >= 4 is 17.6 Å². The van der Waals surface area contributed by atoms with Gasteiger partial charge in [0.05, 0.1) is 12.7 Å². The molecule has 3 rings (SSSR count). The number of benzene rings is 2. The maximum absolute atomic E-state index is 12.0. The third-order valence-electron chi connectivity index (χ3n) is 3.98. The molecule has 1 N–H and O–H groups in total. The Morgan fingerprint density at radius 3 is 2.23 bits per heavy atom. The first kappa shape index (κ1) is 17.8. The molecular weight excluding hydrogens is 334 g/mol. The number of hydrogen-bond acceptors (Lipinski definition) is 5. The zero-order valence-corrected chi connectivity index (χ0v) is 14.6. The van der Waals surface area contributed by atoms with Crippen LogP contribution < -0.4 is 14.8 Å². The van der Waals surface area contributed by atoms with Gasteiger partial charge in [-0.15, -0.1) is 0 Å². The minimum absolute atomic E-state index is 0.0380.